The van der Waals surface area contributed by atoms with Gasteiger partial charge in [-0.15, -0.1) is 0 Å². The molecule has 0 N–H and O–H groups in total. The van der Waals surface area contributed by atoms with Gasteiger partial charge >= 0.3 is 0 Å². The van der Waals surface area contributed by atoms with Crippen LogP contribution in [0.25, 0.3) is 0 Å². The van der Waals surface area contributed by atoms with E-state index in [1.54, 1.807) is 0 Å². The standard InChI is InChI=1S/C13H26N2/c1-11(2)15-8-4-7-14(9-12(15)3)10-13-5-6-13/h11-13H,4-10H2,1-3H3/t12-/m0/s1. The maximum absolute atomic E-state index is 2.70. The minimum Gasteiger partial charge on any atom is -0.301 e. The SMILES string of the molecule is CC(C)N1CCCN(CC2CC2)C[C@@H]1C. The van der Waals surface area contributed by atoms with Crippen molar-refractivity contribution in [2.75, 3.05) is 26.2 Å². The van der Waals surface area contributed by atoms with E-state index >= 15 is 0 Å². The fourth-order valence-electron chi connectivity index (χ4n) is 2.87. The van der Waals surface area contributed by atoms with Gasteiger partial charge in [0.2, 0.25) is 0 Å². The fraction of sp³-hybridized carbons (Fsp3) is 1.00. The molecule has 2 heteroatoms. The highest BCUT2D eigenvalue weighted by Crippen LogP contribution is 2.30. The number of hydrogen-bond donors (Lipinski definition) is 0. The highest BCUT2D eigenvalue weighted by Gasteiger charge is 2.28. The summed E-state index contributed by atoms with van der Waals surface area (Å²) in [5, 5.41) is 0. The summed E-state index contributed by atoms with van der Waals surface area (Å²) < 4.78 is 0. The largest absolute Gasteiger partial charge is 0.301 e. The molecule has 15 heavy (non-hydrogen) atoms. The van der Waals surface area contributed by atoms with E-state index in [0.717, 1.165) is 12.0 Å². The van der Waals surface area contributed by atoms with Crippen molar-refractivity contribution in [3.8, 4) is 0 Å². The molecule has 2 fully saturated rings. The lowest BCUT2D eigenvalue weighted by molar-refractivity contribution is 0.154. The van der Waals surface area contributed by atoms with E-state index in [4.69, 9.17) is 0 Å². The number of nitrogens with zero attached hydrogens (tertiary/aromatic N) is 2. The lowest BCUT2D eigenvalue weighted by atomic mass is 10.2. The highest BCUT2D eigenvalue weighted by molar-refractivity contribution is 4.83. The van der Waals surface area contributed by atoms with Gasteiger partial charge in [-0.1, -0.05) is 0 Å². The van der Waals surface area contributed by atoms with E-state index in [1.165, 1.54) is 45.4 Å². The van der Waals surface area contributed by atoms with Gasteiger partial charge in [-0.05, 0) is 59.0 Å². The quantitative estimate of drug-likeness (QED) is 0.704. The van der Waals surface area contributed by atoms with Gasteiger partial charge in [-0.2, -0.15) is 0 Å². The zero-order valence-corrected chi connectivity index (χ0v) is 10.6. The van der Waals surface area contributed by atoms with Crippen LogP contribution in [0.15, 0.2) is 0 Å². The molecule has 1 heterocycles. The van der Waals surface area contributed by atoms with Crippen LogP contribution in [0.3, 0.4) is 0 Å². The van der Waals surface area contributed by atoms with Crippen molar-refractivity contribution in [1.82, 2.24) is 9.80 Å². The van der Waals surface area contributed by atoms with Gasteiger partial charge in [0.1, 0.15) is 0 Å². The summed E-state index contributed by atoms with van der Waals surface area (Å²) in [5.41, 5.74) is 0. The Bertz CT molecular complexity index is 199. The first-order valence-corrected chi connectivity index (χ1v) is 6.65. The van der Waals surface area contributed by atoms with E-state index in [2.05, 4.69) is 30.6 Å². The fourth-order valence-corrected chi connectivity index (χ4v) is 2.87. The van der Waals surface area contributed by atoms with Gasteiger partial charge in [0, 0.05) is 25.2 Å². The monoisotopic (exact) mass is 210 g/mol. The van der Waals surface area contributed by atoms with Crippen molar-refractivity contribution in [1.29, 1.82) is 0 Å². The lowest BCUT2D eigenvalue weighted by Crippen LogP contribution is -2.43. The molecule has 0 bridgehead atoms. The molecule has 2 aliphatic rings. The third-order valence-electron chi connectivity index (χ3n) is 3.86. The van der Waals surface area contributed by atoms with Crippen LogP contribution in [0.2, 0.25) is 0 Å². The van der Waals surface area contributed by atoms with Crippen LogP contribution in [0, 0.1) is 5.92 Å². The molecule has 0 amide bonds. The van der Waals surface area contributed by atoms with Crippen LogP contribution < -0.4 is 0 Å². The van der Waals surface area contributed by atoms with E-state index in [9.17, 15) is 0 Å². The van der Waals surface area contributed by atoms with E-state index in [1.807, 2.05) is 0 Å². The molecule has 0 radical (unpaired) electrons. The van der Waals surface area contributed by atoms with Crippen molar-refractivity contribution in [2.45, 2.75) is 52.1 Å². The third-order valence-corrected chi connectivity index (χ3v) is 3.86. The molecule has 2 rings (SSSR count). The maximum Gasteiger partial charge on any atom is 0.0197 e. The first kappa shape index (κ1) is 11.4. The summed E-state index contributed by atoms with van der Waals surface area (Å²) in [6.45, 7) is 12.3. The highest BCUT2D eigenvalue weighted by atomic mass is 15.3. The average molecular weight is 210 g/mol. The first-order valence-electron chi connectivity index (χ1n) is 6.65. The topological polar surface area (TPSA) is 6.48 Å². The Morgan fingerprint density at radius 2 is 1.93 bits per heavy atom. The summed E-state index contributed by atoms with van der Waals surface area (Å²) in [7, 11) is 0. The Morgan fingerprint density at radius 1 is 1.20 bits per heavy atom. The molecule has 1 atom stereocenters. The van der Waals surface area contributed by atoms with Crippen LogP contribution in [-0.2, 0) is 0 Å². The van der Waals surface area contributed by atoms with Crippen molar-refractivity contribution in [3.05, 3.63) is 0 Å². The Kier molecular flexibility index (Phi) is 3.68. The van der Waals surface area contributed by atoms with Crippen LogP contribution >= 0.6 is 0 Å². The van der Waals surface area contributed by atoms with Crippen molar-refractivity contribution < 1.29 is 0 Å². The summed E-state index contributed by atoms with van der Waals surface area (Å²) in [4.78, 5) is 5.36. The van der Waals surface area contributed by atoms with Crippen LogP contribution in [0.1, 0.15) is 40.0 Å². The lowest BCUT2D eigenvalue weighted by Gasteiger charge is -2.32. The molecule has 0 aromatic carbocycles. The summed E-state index contributed by atoms with van der Waals surface area (Å²) >= 11 is 0. The smallest absolute Gasteiger partial charge is 0.0197 e. The minimum absolute atomic E-state index is 0.709. The maximum atomic E-state index is 2.70. The van der Waals surface area contributed by atoms with E-state index in [-0.39, 0.29) is 0 Å². The Hall–Kier alpha value is -0.0800. The molecule has 1 aliphatic heterocycles. The van der Waals surface area contributed by atoms with E-state index in [0.29, 0.717) is 6.04 Å². The third kappa shape index (κ3) is 3.18. The van der Waals surface area contributed by atoms with Gasteiger partial charge in [0.05, 0.1) is 0 Å². The van der Waals surface area contributed by atoms with Gasteiger partial charge in [-0.25, -0.2) is 0 Å². The summed E-state index contributed by atoms with van der Waals surface area (Å²) in [6, 6.07) is 1.45. The molecule has 0 unspecified atom stereocenters. The van der Waals surface area contributed by atoms with Gasteiger partial charge in [0.15, 0.2) is 0 Å². The summed E-state index contributed by atoms with van der Waals surface area (Å²) in [6.07, 6.45) is 4.33. The average Bonchev–Trinajstić information content (AvgIpc) is 2.94. The molecular formula is C13H26N2. The molecule has 0 spiro atoms. The predicted octanol–water partition coefficient (Wildman–Crippen LogP) is 2.20. The van der Waals surface area contributed by atoms with Crippen molar-refractivity contribution in [2.24, 2.45) is 5.92 Å². The molecular weight excluding hydrogens is 184 g/mol. The van der Waals surface area contributed by atoms with Crippen LogP contribution in [0.5, 0.6) is 0 Å². The van der Waals surface area contributed by atoms with Crippen molar-refractivity contribution in [3.63, 3.8) is 0 Å². The first-order chi connectivity index (χ1) is 7.16. The minimum atomic E-state index is 0.709. The van der Waals surface area contributed by atoms with Gasteiger partial charge in [-0.3, -0.25) is 4.90 Å². The molecule has 2 nitrogen and oxygen atoms in total. The zero-order chi connectivity index (χ0) is 10.8. The molecule has 1 aliphatic carbocycles. The number of hydrogen-bond acceptors (Lipinski definition) is 2. The van der Waals surface area contributed by atoms with Gasteiger partial charge in [0.25, 0.3) is 0 Å². The second kappa shape index (κ2) is 4.84. The van der Waals surface area contributed by atoms with Gasteiger partial charge < -0.3 is 4.90 Å². The molecule has 88 valence electrons. The van der Waals surface area contributed by atoms with E-state index < -0.39 is 0 Å². The second-order valence-corrected chi connectivity index (χ2v) is 5.74. The Morgan fingerprint density at radius 3 is 2.53 bits per heavy atom. The van der Waals surface area contributed by atoms with Crippen molar-refractivity contribution >= 4 is 0 Å². The molecule has 1 saturated heterocycles. The molecule has 0 aromatic heterocycles. The molecule has 0 aromatic rings. The predicted molar refractivity (Wildman–Crippen MR) is 65.1 cm³/mol. The van der Waals surface area contributed by atoms with Crippen LogP contribution in [0.4, 0.5) is 0 Å². The van der Waals surface area contributed by atoms with Crippen LogP contribution in [-0.4, -0.2) is 48.1 Å². The normalized spacial score (nSPS) is 30.8. The molecule has 1 saturated carbocycles. The number of rotatable bonds is 3. The Balaban J connectivity index is 1.85. The summed E-state index contributed by atoms with van der Waals surface area (Å²) in [5.74, 6) is 1.04. The second-order valence-electron chi connectivity index (χ2n) is 5.74. The Labute approximate surface area is 94.6 Å². The zero-order valence-electron chi connectivity index (χ0n) is 10.6.